The zero-order chi connectivity index (χ0) is 20.1. The Labute approximate surface area is 168 Å². The normalized spacial score (nSPS) is 10.3. The van der Waals surface area contributed by atoms with Gasteiger partial charge in [-0.25, -0.2) is 0 Å². The summed E-state index contributed by atoms with van der Waals surface area (Å²) in [4.78, 5) is 22.7. The van der Waals surface area contributed by atoms with E-state index in [-0.39, 0.29) is 5.69 Å². The van der Waals surface area contributed by atoms with Gasteiger partial charge in [0.15, 0.2) is 4.34 Å². The number of nitro groups is 1. The summed E-state index contributed by atoms with van der Waals surface area (Å²) in [5, 5.41) is 30.7. The second-order valence-corrected chi connectivity index (χ2v) is 7.88. The molecule has 3 rings (SSSR count). The van der Waals surface area contributed by atoms with Gasteiger partial charge in [-0.05, 0) is 36.8 Å². The Balaban J connectivity index is 1.60. The third kappa shape index (κ3) is 4.70. The van der Waals surface area contributed by atoms with Crippen LogP contribution in [0.1, 0.15) is 27.0 Å². The van der Waals surface area contributed by atoms with Crippen LogP contribution in [0.15, 0.2) is 46.8 Å². The van der Waals surface area contributed by atoms with Gasteiger partial charge in [-0.15, -0.1) is 10.2 Å². The van der Waals surface area contributed by atoms with Gasteiger partial charge in [0.25, 0.3) is 11.6 Å². The van der Waals surface area contributed by atoms with Crippen molar-refractivity contribution in [3.63, 3.8) is 0 Å². The second kappa shape index (κ2) is 8.60. The van der Waals surface area contributed by atoms with E-state index < -0.39 is 10.8 Å². The summed E-state index contributed by atoms with van der Waals surface area (Å²) in [6.07, 6.45) is 0. The number of rotatable bonds is 6. The molecule has 0 aliphatic heterocycles. The first-order chi connectivity index (χ1) is 13.5. The van der Waals surface area contributed by atoms with E-state index in [9.17, 15) is 14.9 Å². The number of benzene rings is 2. The van der Waals surface area contributed by atoms with Crippen LogP contribution in [-0.2, 0) is 5.75 Å². The molecule has 0 saturated heterocycles. The molecule has 10 heteroatoms. The van der Waals surface area contributed by atoms with E-state index in [0.717, 1.165) is 5.56 Å². The number of nitriles is 1. The van der Waals surface area contributed by atoms with Crippen LogP contribution in [0.4, 0.5) is 10.8 Å². The maximum atomic E-state index is 12.3. The Morgan fingerprint density at radius 3 is 2.68 bits per heavy atom. The van der Waals surface area contributed by atoms with Gasteiger partial charge in [0.1, 0.15) is 0 Å². The van der Waals surface area contributed by atoms with E-state index in [1.165, 1.54) is 41.3 Å². The Hall–Kier alpha value is -3.29. The maximum absolute atomic E-state index is 12.3. The monoisotopic (exact) mass is 411 g/mol. The smallest absolute Gasteiger partial charge is 0.272 e. The molecule has 0 aliphatic carbocycles. The van der Waals surface area contributed by atoms with E-state index in [0.29, 0.717) is 31.9 Å². The van der Waals surface area contributed by atoms with Crippen LogP contribution in [0.3, 0.4) is 0 Å². The first kappa shape index (κ1) is 19.5. The summed E-state index contributed by atoms with van der Waals surface area (Å²) < 4.78 is 0.694. The molecule has 28 heavy (non-hydrogen) atoms. The summed E-state index contributed by atoms with van der Waals surface area (Å²) in [5.41, 5.74) is 2.34. The van der Waals surface area contributed by atoms with Crippen molar-refractivity contribution in [2.24, 2.45) is 0 Å². The van der Waals surface area contributed by atoms with Crippen molar-refractivity contribution in [1.82, 2.24) is 10.2 Å². The molecule has 1 N–H and O–H groups in total. The molecule has 2 aromatic carbocycles. The van der Waals surface area contributed by atoms with Crippen LogP contribution in [-0.4, -0.2) is 21.0 Å². The second-order valence-electron chi connectivity index (χ2n) is 5.68. The lowest BCUT2D eigenvalue weighted by molar-refractivity contribution is -0.385. The number of thioether (sulfide) groups is 1. The van der Waals surface area contributed by atoms with E-state index in [1.54, 1.807) is 19.1 Å². The number of anilines is 1. The Morgan fingerprint density at radius 1 is 1.29 bits per heavy atom. The fraction of sp³-hybridized carbons (Fsp3) is 0.111. The molecule has 0 bridgehead atoms. The van der Waals surface area contributed by atoms with Gasteiger partial charge in [0.05, 0.1) is 16.6 Å². The SMILES string of the molecule is Cc1cc(C(=O)Nc2nnc(SCc3ccc(C#N)cc3)s2)ccc1[N+](=O)[O-]. The molecule has 1 heterocycles. The minimum absolute atomic E-state index is 0.0334. The van der Waals surface area contributed by atoms with Crippen LogP contribution >= 0.6 is 23.1 Å². The van der Waals surface area contributed by atoms with Crippen molar-refractivity contribution in [1.29, 1.82) is 5.26 Å². The Morgan fingerprint density at radius 2 is 2.04 bits per heavy atom. The van der Waals surface area contributed by atoms with Gasteiger partial charge in [-0.2, -0.15) is 5.26 Å². The molecule has 0 aliphatic rings. The first-order valence-electron chi connectivity index (χ1n) is 7.98. The molecule has 0 spiro atoms. The van der Waals surface area contributed by atoms with E-state index in [1.807, 2.05) is 12.1 Å². The number of carbonyl (C=O) groups excluding carboxylic acids is 1. The van der Waals surface area contributed by atoms with Crippen LogP contribution < -0.4 is 5.32 Å². The number of hydrogen-bond donors (Lipinski definition) is 1. The van der Waals surface area contributed by atoms with Gasteiger partial charge in [0, 0.05) is 22.9 Å². The van der Waals surface area contributed by atoms with Crippen molar-refractivity contribution in [3.05, 3.63) is 74.8 Å². The molecule has 1 aromatic heterocycles. The Kier molecular flexibility index (Phi) is 5.98. The highest BCUT2D eigenvalue weighted by Gasteiger charge is 2.15. The zero-order valence-electron chi connectivity index (χ0n) is 14.6. The topological polar surface area (TPSA) is 122 Å². The number of amides is 1. The predicted octanol–water partition coefficient (Wildman–Crippen LogP) is 4.17. The minimum atomic E-state index is -0.487. The number of nitrogens with one attached hydrogen (secondary N) is 1. The van der Waals surface area contributed by atoms with Gasteiger partial charge < -0.3 is 0 Å². The van der Waals surface area contributed by atoms with Gasteiger partial charge >= 0.3 is 0 Å². The number of hydrogen-bond acceptors (Lipinski definition) is 8. The number of nitro benzene ring substituents is 1. The largest absolute Gasteiger partial charge is 0.296 e. The average molecular weight is 411 g/mol. The van der Waals surface area contributed by atoms with E-state index in [4.69, 9.17) is 5.26 Å². The fourth-order valence-electron chi connectivity index (χ4n) is 2.31. The molecule has 8 nitrogen and oxygen atoms in total. The van der Waals surface area contributed by atoms with Gasteiger partial charge in [-0.1, -0.05) is 35.2 Å². The van der Waals surface area contributed by atoms with Crippen LogP contribution in [0.2, 0.25) is 0 Å². The first-order valence-corrected chi connectivity index (χ1v) is 9.78. The standard InChI is InChI=1S/C18H13N5O3S2/c1-11-8-14(6-7-15(11)23(25)26)16(24)20-17-21-22-18(28-17)27-10-13-4-2-12(9-19)3-5-13/h2-8H,10H2,1H3,(H,20,21,24). The van der Waals surface area contributed by atoms with Crippen molar-refractivity contribution in [2.75, 3.05) is 5.32 Å². The van der Waals surface area contributed by atoms with Crippen molar-refractivity contribution < 1.29 is 9.72 Å². The van der Waals surface area contributed by atoms with Crippen molar-refractivity contribution >= 4 is 39.8 Å². The van der Waals surface area contributed by atoms with Crippen molar-refractivity contribution in [3.8, 4) is 6.07 Å². The molecule has 1 amide bonds. The molecule has 0 saturated carbocycles. The maximum Gasteiger partial charge on any atom is 0.272 e. The molecular formula is C18H13N5O3S2. The third-order valence-electron chi connectivity index (χ3n) is 3.73. The highest BCUT2D eigenvalue weighted by atomic mass is 32.2. The van der Waals surface area contributed by atoms with E-state index in [2.05, 4.69) is 21.6 Å². The highest BCUT2D eigenvalue weighted by Crippen LogP contribution is 2.29. The Bertz CT molecular complexity index is 1070. The van der Waals surface area contributed by atoms with Gasteiger partial charge in [-0.3, -0.25) is 20.2 Å². The number of carbonyl (C=O) groups is 1. The number of aromatic nitrogens is 2. The molecule has 0 unspecified atom stereocenters. The lowest BCUT2D eigenvalue weighted by atomic mass is 10.1. The zero-order valence-corrected chi connectivity index (χ0v) is 16.2. The minimum Gasteiger partial charge on any atom is -0.296 e. The molecule has 0 fully saturated rings. The molecule has 0 radical (unpaired) electrons. The quantitative estimate of drug-likeness (QED) is 0.279. The molecule has 3 aromatic rings. The number of aryl methyl sites for hydroxylation is 1. The van der Waals surface area contributed by atoms with Crippen LogP contribution in [0.25, 0.3) is 0 Å². The summed E-state index contributed by atoms with van der Waals surface area (Å²) in [5.74, 6) is 0.258. The summed E-state index contributed by atoms with van der Waals surface area (Å²) >= 11 is 2.72. The summed E-state index contributed by atoms with van der Waals surface area (Å²) in [6, 6.07) is 13.5. The van der Waals surface area contributed by atoms with Crippen LogP contribution in [0.5, 0.6) is 0 Å². The predicted molar refractivity (Wildman–Crippen MR) is 106 cm³/mol. The average Bonchev–Trinajstić information content (AvgIpc) is 3.13. The van der Waals surface area contributed by atoms with Gasteiger partial charge in [0.2, 0.25) is 5.13 Å². The highest BCUT2D eigenvalue weighted by molar-refractivity contribution is 8.00. The molecule has 0 atom stereocenters. The molecule has 140 valence electrons. The summed E-state index contributed by atoms with van der Waals surface area (Å²) in [6.45, 7) is 1.58. The summed E-state index contributed by atoms with van der Waals surface area (Å²) in [7, 11) is 0. The lowest BCUT2D eigenvalue weighted by Gasteiger charge is -2.03. The number of nitrogens with zero attached hydrogens (tertiary/aromatic N) is 4. The van der Waals surface area contributed by atoms with Crippen LogP contribution in [0, 0.1) is 28.4 Å². The molecular weight excluding hydrogens is 398 g/mol. The third-order valence-corrected chi connectivity index (χ3v) is 5.77. The lowest BCUT2D eigenvalue weighted by Crippen LogP contribution is -2.12. The van der Waals surface area contributed by atoms with Crippen molar-refractivity contribution in [2.45, 2.75) is 17.0 Å². The fourth-order valence-corrected chi connectivity index (χ4v) is 4.01. The van der Waals surface area contributed by atoms with E-state index >= 15 is 0 Å².